The number of nitro benzene ring substituents is 1. The van der Waals surface area contributed by atoms with E-state index in [-0.39, 0.29) is 5.75 Å². The average Bonchev–Trinajstić information content (AvgIpc) is 2.43. The van der Waals surface area contributed by atoms with Crippen LogP contribution in [-0.4, -0.2) is 28.4 Å². The Morgan fingerprint density at radius 1 is 1.38 bits per heavy atom. The van der Waals surface area contributed by atoms with E-state index in [0.29, 0.717) is 17.9 Å². The van der Waals surface area contributed by atoms with Crippen molar-refractivity contribution in [3.63, 3.8) is 0 Å². The first-order valence-electron chi connectivity index (χ1n) is 6.76. The summed E-state index contributed by atoms with van der Waals surface area (Å²) in [7, 11) is 1.29. The highest BCUT2D eigenvalue weighted by Gasteiger charge is 2.25. The van der Waals surface area contributed by atoms with Crippen LogP contribution < -0.4 is 10.5 Å². The van der Waals surface area contributed by atoms with E-state index in [2.05, 4.69) is 0 Å². The van der Waals surface area contributed by atoms with Crippen LogP contribution in [0.25, 0.3) is 0 Å². The van der Waals surface area contributed by atoms with Crippen molar-refractivity contribution in [2.24, 2.45) is 11.7 Å². The zero-order chi connectivity index (χ0) is 16.2. The van der Waals surface area contributed by atoms with Gasteiger partial charge in [0.2, 0.25) is 5.75 Å². The van der Waals surface area contributed by atoms with Gasteiger partial charge in [-0.05, 0) is 30.4 Å². The minimum absolute atomic E-state index is 0.0364. The number of methoxy groups -OCH3 is 1. The highest BCUT2D eigenvalue weighted by molar-refractivity contribution is 5.57. The van der Waals surface area contributed by atoms with Crippen LogP contribution in [-0.2, 0) is 0 Å². The second kappa shape index (κ2) is 7.24. The summed E-state index contributed by atoms with van der Waals surface area (Å²) in [5, 5.41) is 30.7. The number of aliphatic hydroxyl groups excluding tert-OH is 1. The molecule has 7 nitrogen and oxygen atoms in total. The minimum Gasteiger partial charge on any atom is -0.500 e. The number of nitrogens with two attached hydrogens (primary N) is 1. The van der Waals surface area contributed by atoms with Crippen molar-refractivity contribution in [2.75, 3.05) is 7.11 Å². The monoisotopic (exact) mass is 298 g/mol. The Kier molecular flexibility index (Phi) is 5.92. The maximum atomic E-state index is 10.9. The summed E-state index contributed by atoms with van der Waals surface area (Å²) < 4.78 is 4.91. The van der Waals surface area contributed by atoms with Crippen molar-refractivity contribution in [1.82, 2.24) is 0 Å². The van der Waals surface area contributed by atoms with Crippen molar-refractivity contribution < 1.29 is 19.9 Å². The number of benzene rings is 1. The molecule has 0 amide bonds. The third-order valence-electron chi connectivity index (χ3n) is 3.33. The van der Waals surface area contributed by atoms with Crippen LogP contribution in [0, 0.1) is 16.0 Å². The molecule has 0 saturated carbocycles. The van der Waals surface area contributed by atoms with E-state index < -0.39 is 28.5 Å². The third kappa shape index (κ3) is 4.30. The van der Waals surface area contributed by atoms with E-state index in [9.17, 15) is 20.3 Å². The van der Waals surface area contributed by atoms with E-state index >= 15 is 0 Å². The fraction of sp³-hybridized carbons (Fsp3) is 0.571. The van der Waals surface area contributed by atoms with Gasteiger partial charge in [0.05, 0.1) is 24.2 Å². The smallest absolute Gasteiger partial charge is 0.314 e. The Morgan fingerprint density at radius 2 is 2.00 bits per heavy atom. The molecule has 0 bridgehead atoms. The van der Waals surface area contributed by atoms with Gasteiger partial charge >= 0.3 is 5.69 Å². The molecule has 0 radical (unpaired) electrons. The number of phenols is 1. The standard InChI is InChI=1S/C14H22N2O5/c1-8(2)4-5-11(17)13(15)9-6-10(16(19)20)14(18)12(7-9)21-3/h6-8,11,13,17-18H,4-5,15H2,1-3H3/t11-,13+/m0/s1. The van der Waals surface area contributed by atoms with E-state index in [1.54, 1.807) is 0 Å². The number of aliphatic hydroxyl groups is 1. The Labute approximate surface area is 123 Å². The highest BCUT2D eigenvalue weighted by Crippen LogP contribution is 2.38. The molecule has 0 spiro atoms. The lowest BCUT2D eigenvalue weighted by molar-refractivity contribution is -0.386. The summed E-state index contributed by atoms with van der Waals surface area (Å²) in [5.74, 6) is -0.156. The summed E-state index contributed by atoms with van der Waals surface area (Å²) in [5.41, 5.74) is 5.82. The number of phenolic OH excluding ortho intramolecular Hbond substituents is 1. The fourth-order valence-electron chi connectivity index (χ4n) is 2.01. The normalized spacial score (nSPS) is 14.0. The van der Waals surface area contributed by atoms with Gasteiger partial charge in [-0.3, -0.25) is 10.1 Å². The average molecular weight is 298 g/mol. The molecule has 0 aliphatic carbocycles. The van der Waals surface area contributed by atoms with Crippen molar-refractivity contribution in [3.05, 3.63) is 27.8 Å². The Bertz CT molecular complexity index is 504. The maximum absolute atomic E-state index is 10.9. The summed E-state index contributed by atoms with van der Waals surface area (Å²) in [4.78, 5) is 10.2. The minimum atomic E-state index is -0.818. The van der Waals surface area contributed by atoms with Gasteiger partial charge in [0.15, 0.2) is 5.75 Å². The van der Waals surface area contributed by atoms with Crippen LogP contribution in [0.2, 0.25) is 0 Å². The number of hydrogen-bond acceptors (Lipinski definition) is 6. The van der Waals surface area contributed by atoms with Crippen LogP contribution in [0.3, 0.4) is 0 Å². The topological polar surface area (TPSA) is 119 Å². The molecule has 1 aromatic rings. The lowest BCUT2D eigenvalue weighted by atomic mass is 9.95. The van der Waals surface area contributed by atoms with Crippen LogP contribution in [0.1, 0.15) is 38.3 Å². The van der Waals surface area contributed by atoms with Crippen LogP contribution in [0.5, 0.6) is 11.5 Å². The second-order valence-electron chi connectivity index (χ2n) is 5.41. The molecular weight excluding hydrogens is 276 g/mol. The maximum Gasteiger partial charge on any atom is 0.314 e. The van der Waals surface area contributed by atoms with Gasteiger partial charge in [-0.2, -0.15) is 0 Å². The molecule has 4 N–H and O–H groups in total. The molecule has 1 rings (SSSR count). The van der Waals surface area contributed by atoms with E-state index in [1.165, 1.54) is 19.2 Å². The van der Waals surface area contributed by atoms with Gasteiger partial charge in [-0.15, -0.1) is 0 Å². The van der Waals surface area contributed by atoms with Gasteiger partial charge in [-0.25, -0.2) is 0 Å². The predicted octanol–water partition coefficient (Wildman–Crippen LogP) is 2.11. The fourth-order valence-corrected chi connectivity index (χ4v) is 2.01. The molecule has 0 saturated heterocycles. The predicted molar refractivity (Wildman–Crippen MR) is 78.3 cm³/mol. The van der Waals surface area contributed by atoms with E-state index in [4.69, 9.17) is 10.5 Å². The molecule has 0 unspecified atom stereocenters. The lowest BCUT2D eigenvalue weighted by Crippen LogP contribution is -2.26. The third-order valence-corrected chi connectivity index (χ3v) is 3.33. The first kappa shape index (κ1) is 17.2. The van der Waals surface area contributed by atoms with Crippen molar-refractivity contribution in [1.29, 1.82) is 0 Å². The second-order valence-corrected chi connectivity index (χ2v) is 5.41. The molecule has 7 heteroatoms. The highest BCUT2D eigenvalue weighted by atomic mass is 16.6. The molecule has 0 aliphatic heterocycles. The molecule has 0 aliphatic rings. The van der Waals surface area contributed by atoms with Crippen LogP contribution >= 0.6 is 0 Å². The zero-order valence-electron chi connectivity index (χ0n) is 12.4. The lowest BCUT2D eigenvalue weighted by Gasteiger charge is -2.20. The first-order valence-corrected chi connectivity index (χ1v) is 6.76. The van der Waals surface area contributed by atoms with E-state index in [1.807, 2.05) is 13.8 Å². The van der Waals surface area contributed by atoms with Crippen molar-refractivity contribution in [2.45, 2.75) is 38.8 Å². The van der Waals surface area contributed by atoms with Crippen molar-refractivity contribution in [3.8, 4) is 11.5 Å². The molecule has 0 fully saturated rings. The van der Waals surface area contributed by atoms with Gasteiger partial charge in [0, 0.05) is 6.07 Å². The quantitative estimate of drug-likeness (QED) is 0.524. The van der Waals surface area contributed by atoms with Crippen LogP contribution in [0.15, 0.2) is 12.1 Å². The number of aromatic hydroxyl groups is 1. The van der Waals surface area contributed by atoms with Crippen molar-refractivity contribution >= 4 is 5.69 Å². The molecule has 21 heavy (non-hydrogen) atoms. The number of hydrogen-bond donors (Lipinski definition) is 3. The molecule has 1 aromatic carbocycles. The number of nitro groups is 1. The largest absolute Gasteiger partial charge is 0.500 e. The number of ether oxygens (including phenoxy) is 1. The van der Waals surface area contributed by atoms with Crippen LogP contribution in [0.4, 0.5) is 5.69 Å². The molecular formula is C14H22N2O5. The van der Waals surface area contributed by atoms with E-state index in [0.717, 1.165) is 6.42 Å². The Morgan fingerprint density at radius 3 is 2.48 bits per heavy atom. The zero-order valence-corrected chi connectivity index (χ0v) is 12.4. The first-order chi connectivity index (χ1) is 9.77. The summed E-state index contributed by atoms with van der Waals surface area (Å²) in [6.07, 6.45) is 0.475. The number of nitrogens with zero attached hydrogens (tertiary/aromatic N) is 1. The Balaban J connectivity index is 3.06. The summed E-state index contributed by atoms with van der Waals surface area (Å²) in [6, 6.07) is 1.80. The summed E-state index contributed by atoms with van der Waals surface area (Å²) >= 11 is 0. The summed E-state index contributed by atoms with van der Waals surface area (Å²) in [6.45, 7) is 4.07. The van der Waals surface area contributed by atoms with Gasteiger partial charge in [-0.1, -0.05) is 13.8 Å². The van der Waals surface area contributed by atoms with Gasteiger partial charge in [0.25, 0.3) is 0 Å². The Hall–Kier alpha value is -1.86. The molecule has 2 atom stereocenters. The molecule has 118 valence electrons. The molecule has 0 aromatic heterocycles. The SMILES string of the molecule is COc1cc([C@@H](N)[C@@H](O)CCC(C)C)cc([N+](=O)[O-])c1O. The van der Waals surface area contributed by atoms with Gasteiger partial charge < -0.3 is 20.7 Å². The number of rotatable bonds is 7. The molecule has 0 heterocycles. The van der Waals surface area contributed by atoms with Gasteiger partial charge in [0.1, 0.15) is 0 Å².